The Kier molecular flexibility index (Phi) is 6.65. The molecule has 0 bridgehead atoms. The molecule has 1 rings (SSSR count). The minimum atomic E-state index is -1.27. The van der Waals surface area contributed by atoms with Gasteiger partial charge in [-0.1, -0.05) is 27.7 Å². The van der Waals surface area contributed by atoms with Gasteiger partial charge in [-0.3, -0.25) is 10.1 Å². The molecule has 0 radical (unpaired) electrons. The SMILES string of the molecule is CCN(CC)CC(C)(C)C(O)OC(=O)c1ccc([N+](=O)[O-])cc1. The summed E-state index contributed by atoms with van der Waals surface area (Å²) in [4.78, 5) is 24.2. The van der Waals surface area contributed by atoms with Crippen molar-refractivity contribution in [2.75, 3.05) is 19.6 Å². The topological polar surface area (TPSA) is 92.9 Å². The molecule has 7 nitrogen and oxygen atoms in total. The van der Waals surface area contributed by atoms with E-state index in [0.717, 1.165) is 13.1 Å². The minimum Gasteiger partial charge on any atom is -0.432 e. The number of hydrogen-bond acceptors (Lipinski definition) is 6. The van der Waals surface area contributed by atoms with Crippen molar-refractivity contribution in [3.63, 3.8) is 0 Å². The Bertz CT molecular complexity index is 538. The van der Waals surface area contributed by atoms with Crippen molar-refractivity contribution in [2.24, 2.45) is 5.41 Å². The lowest BCUT2D eigenvalue weighted by Gasteiger charge is -2.34. The Morgan fingerprint density at radius 3 is 2.26 bits per heavy atom. The summed E-state index contributed by atoms with van der Waals surface area (Å²) in [6.45, 7) is 9.93. The van der Waals surface area contributed by atoms with Crippen LogP contribution < -0.4 is 0 Å². The van der Waals surface area contributed by atoms with Gasteiger partial charge in [0.2, 0.25) is 6.29 Å². The largest absolute Gasteiger partial charge is 0.432 e. The van der Waals surface area contributed by atoms with E-state index < -0.39 is 22.6 Å². The fourth-order valence-electron chi connectivity index (χ4n) is 2.15. The van der Waals surface area contributed by atoms with Gasteiger partial charge in [0, 0.05) is 24.1 Å². The zero-order valence-corrected chi connectivity index (χ0v) is 14.0. The first-order valence-electron chi connectivity index (χ1n) is 7.57. The maximum absolute atomic E-state index is 12.0. The Labute approximate surface area is 136 Å². The van der Waals surface area contributed by atoms with E-state index in [1.807, 2.05) is 27.7 Å². The monoisotopic (exact) mass is 324 g/mol. The lowest BCUT2D eigenvalue weighted by atomic mass is 9.91. The number of rotatable bonds is 8. The van der Waals surface area contributed by atoms with Crippen molar-refractivity contribution in [1.82, 2.24) is 4.90 Å². The number of carbonyl (C=O) groups excluding carboxylic acids is 1. The third kappa shape index (κ3) is 5.30. The molecular weight excluding hydrogens is 300 g/mol. The standard InChI is InChI=1S/C16H24N2O5/c1-5-17(6-2)11-16(3,4)15(20)23-14(19)12-7-9-13(10-8-12)18(21)22/h7-10,15,20H,5-6,11H2,1-4H3. The predicted molar refractivity (Wildman–Crippen MR) is 86.1 cm³/mol. The number of nitro groups is 1. The van der Waals surface area contributed by atoms with Gasteiger partial charge in [0.25, 0.3) is 5.69 Å². The molecule has 0 spiro atoms. The smallest absolute Gasteiger partial charge is 0.340 e. The molecule has 0 aliphatic rings. The van der Waals surface area contributed by atoms with Gasteiger partial charge in [0.15, 0.2) is 0 Å². The molecular formula is C16H24N2O5. The molecule has 0 saturated heterocycles. The van der Waals surface area contributed by atoms with Crippen LogP contribution in [-0.2, 0) is 4.74 Å². The van der Waals surface area contributed by atoms with E-state index in [1.54, 1.807) is 0 Å². The van der Waals surface area contributed by atoms with Crippen molar-refractivity contribution in [3.05, 3.63) is 39.9 Å². The van der Waals surface area contributed by atoms with Gasteiger partial charge >= 0.3 is 5.97 Å². The van der Waals surface area contributed by atoms with Gasteiger partial charge in [0.1, 0.15) is 0 Å². The number of nitrogens with zero attached hydrogens (tertiary/aromatic N) is 2. The lowest BCUT2D eigenvalue weighted by molar-refractivity contribution is -0.384. The van der Waals surface area contributed by atoms with E-state index in [4.69, 9.17) is 4.74 Å². The molecule has 7 heteroatoms. The molecule has 1 unspecified atom stereocenters. The highest BCUT2D eigenvalue weighted by Gasteiger charge is 2.33. The molecule has 0 amide bonds. The van der Waals surface area contributed by atoms with Gasteiger partial charge in [-0.05, 0) is 25.2 Å². The number of benzene rings is 1. The maximum atomic E-state index is 12.0. The van der Waals surface area contributed by atoms with Gasteiger partial charge in [-0.2, -0.15) is 0 Å². The number of esters is 1. The fraction of sp³-hybridized carbons (Fsp3) is 0.562. The fourth-order valence-corrected chi connectivity index (χ4v) is 2.15. The summed E-state index contributed by atoms with van der Waals surface area (Å²) in [6, 6.07) is 5.07. The predicted octanol–water partition coefficient (Wildman–Crippen LogP) is 2.44. The third-order valence-corrected chi connectivity index (χ3v) is 3.73. The average Bonchev–Trinajstić information content (AvgIpc) is 2.52. The van der Waals surface area contributed by atoms with Gasteiger partial charge in [-0.15, -0.1) is 0 Å². The van der Waals surface area contributed by atoms with E-state index in [9.17, 15) is 20.0 Å². The molecule has 23 heavy (non-hydrogen) atoms. The summed E-state index contributed by atoms with van der Waals surface area (Å²) in [7, 11) is 0. The van der Waals surface area contributed by atoms with Crippen LogP contribution in [0.3, 0.4) is 0 Å². The zero-order valence-electron chi connectivity index (χ0n) is 14.0. The highest BCUT2D eigenvalue weighted by molar-refractivity contribution is 5.89. The van der Waals surface area contributed by atoms with E-state index in [0.29, 0.717) is 6.54 Å². The number of ether oxygens (including phenoxy) is 1. The Balaban J connectivity index is 2.73. The molecule has 1 atom stereocenters. The summed E-state index contributed by atoms with van der Waals surface area (Å²) in [5.74, 6) is -0.708. The molecule has 0 fully saturated rings. The number of non-ortho nitro benzene ring substituents is 1. The lowest BCUT2D eigenvalue weighted by Crippen LogP contribution is -2.43. The molecule has 0 aromatic heterocycles. The number of hydrogen-bond donors (Lipinski definition) is 1. The van der Waals surface area contributed by atoms with Crippen LogP contribution in [0.15, 0.2) is 24.3 Å². The van der Waals surface area contributed by atoms with Crippen molar-refractivity contribution >= 4 is 11.7 Å². The third-order valence-electron chi connectivity index (χ3n) is 3.73. The molecule has 0 aliphatic carbocycles. The summed E-state index contributed by atoms with van der Waals surface area (Å²) < 4.78 is 5.11. The first kappa shape index (κ1) is 19.1. The van der Waals surface area contributed by atoms with Gasteiger partial charge < -0.3 is 14.7 Å². The molecule has 1 aromatic rings. The van der Waals surface area contributed by atoms with Gasteiger partial charge in [0.05, 0.1) is 10.5 Å². The van der Waals surface area contributed by atoms with Crippen molar-refractivity contribution in [1.29, 1.82) is 0 Å². The number of nitro benzene ring substituents is 1. The molecule has 0 saturated carbocycles. The first-order valence-corrected chi connectivity index (χ1v) is 7.57. The minimum absolute atomic E-state index is 0.107. The second kappa shape index (κ2) is 8.03. The van der Waals surface area contributed by atoms with Crippen LogP contribution in [0.1, 0.15) is 38.1 Å². The first-order chi connectivity index (χ1) is 10.7. The van der Waals surface area contributed by atoms with E-state index >= 15 is 0 Å². The van der Waals surface area contributed by atoms with Crippen LogP contribution in [0.2, 0.25) is 0 Å². The van der Waals surface area contributed by atoms with E-state index in [2.05, 4.69) is 4.90 Å². The van der Waals surface area contributed by atoms with Crippen LogP contribution in [-0.4, -0.2) is 46.8 Å². The number of carbonyl (C=O) groups is 1. The van der Waals surface area contributed by atoms with Crippen molar-refractivity contribution in [3.8, 4) is 0 Å². The Hall–Kier alpha value is -1.99. The molecule has 128 valence electrons. The van der Waals surface area contributed by atoms with Crippen molar-refractivity contribution < 1.29 is 19.6 Å². The maximum Gasteiger partial charge on any atom is 0.340 e. The molecule has 1 N–H and O–H groups in total. The van der Waals surface area contributed by atoms with Crippen LogP contribution in [0.4, 0.5) is 5.69 Å². The number of aliphatic hydroxyl groups is 1. The normalized spacial score (nSPS) is 13.0. The average molecular weight is 324 g/mol. The summed E-state index contributed by atoms with van der Waals surface area (Å²) in [5, 5.41) is 20.8. The van der Waals surface area contributed by atoms with Gasteiger partial charge in [-0.25, -0.2) is 4.79 Å². The molecule has 0 aliphatic heterocycles. The Morgan fingerprint density at radius 1 is 1.30 bits per heavy atom. The van der Waals surface area contributed by atoms with Crippen LogP contribution in [0.25, 0.3) is 0 Å². The van der Waals surface area contributed by atoms with E-state index in [-0.39, 0.29) is 11.3 Å². The second-order valence-corrected chi connectivity index (χ2v) is 6.01. The number of aliphatic hydroxyl groups excluding tert-OH is 1. The van der Waals surface area contributed by atoms with Crippen LogP contribution >= 0.6 is 0 Å². The van der Waals surface area contributed by atoms with Crippen LogP contribution in [0, 0.1) is 15.5 Å². The summed E-state index contributed by atoms with van der Waals surface area (Å²) in [5.41, 5.74) is -0.583. The second-order valence-electron chi connectivity index (χ2n) is 6.01. The van der Waals surface area contributed by atoms with E-state index in [1.165, 1.54) is 24.3 Å². The zero-order chi connectivity index (χ0) is 17.6. The highest BCUT2D eigenvalue weighted by atomic mass is 16.6. The highest BCUT2D eigenvalue weighted by Crippen LogP contribution is 2.24. The molecule has 0 heterocycles. The molecule has 1 aromatic carbocycles. The quantitative estimate of drug-likeness (QED) is 0.342. The summed E-state index contributed by atoms with van der Waals surface area (Å²) >= 11 is 0. The summed E-state index contributed by atoms with van der Waals surface area (Å²) in [6.07, 6.45) is -1.27. The Morgan fingerprint density at radius 2 is 1.83 bits per heavy atom. The van der Waals surface area contributed by atoms with Crippen molar-refractivity contribution in [2.45, 2.75) is 34.0 Å². The van der Waals surface area contributed by atoms with Crippen LogP contribution in [0.5, 0.6) is 0 Å².